The lowest BCUT2D eigenvalue weighted by molar-refractivity contribution is 0.761. The minimum absolute atomic E-state index is 0.443. The van der Waals surface area contributed by atoms with Crippen LogP contribution in [-0.4, -0.2) is 0 Å². The molecule has 1 nitrogen and oxygen atoms in total. The molecule has 2 aromatic carbocycles. The molecule has 92 valence electrons. The van der Waals surface area contributed by atoms with Crippen molar-refractivity contribution >= 4 is 21.6 Å². The molecule has 3 rings (SSSR count). The summed E-state index contributed by atoms with van der Waals surface area (Å²) in [4.78, 5) is 0. The fourth-order valence-electron chi connectivity index (χ4n) is 2.64. The van der Waals surface area contributed by atoms with Crippen LogP contribution in [0.15, 0.2) is 46.9 Å². The number of hydrogen-bond acceptors (Lipinski definition) is 1. The molecule has 0 amide bonds. The Morgan fingerprint density at radius 2 is 2.00 bits per heavy atom. The molecule has 1 N–H and O–H groups in total. The van der Waals surface area contributed by atoms with Crippen LogP contribution in [-0.2, 0) is 6.42 Å². The van der Waals surface area contributed by atoms with Crippen molar-refractivity contribution in [3.63, 3.8) is 0 Å². The Balaban J connectivity index is 1.89. The third-order valence-electron chi connectivity index (χ3n) is 3.58. The van der Waals surface area contributed by atoms with Crippen molar-refractivity contribution in [2.75, 3.05) is 5.32 Å². The van der Waals surface area contributed by atoms with Gasteiger partial charge in [-0.25, -0.2) is 0 Å². The van der Waals surface area contributed by atoms with E-state index >= 15 is 0 Å². The summed E-state index contributed by atoms with van der Waals surface area (Å²) in [5.41, 5.74) is 5.47. The van der Waals surface area contributed by atoms with Gasteiger partial charge >= 0.3 is 0 Å². The van der Waals surface area contributed by atoms with Gasteiger partial charge in [-0.1, -0.05) is 35.9 Å². The first kappa shape index (κ1) is 11.8. The Morgan fingerprint density at radius 1 is 1.17 bits per heavy atom. The summed E-state index contributed by atoms with van der Waals surface area (Å²) >= 11 is 3.60. The van der Waals surface area contributed by atoms with Crippen molar-refractivity contribution < 1.29 is 0 Å². The number of nitrogens with one attached hydrogen (secondary N) is 1. The van der Waals surface area contributed by atoms with Crippen molar-refractivity contribution in [2.24, 2.45) is 0 Å². The standard InChI is InChI=1S/C16H16BrN/c1-11-6-7-12-8-9-15(13(12)10-11)18-16-5-3-2-4-14(16)17/h2-7,10,15,18H,8-9H2,1H3. The van der Waals surface area contributed by atoms with Crippen molar-refractivity contribution in [3.8, 4) is 0 Å². The molecule has 0 aliphatic heterocycles. The van der Waals surface area contributed by atoms with Gasteiger partial charge in [0.25, 0.3) is 0 Å². The minimum Gasteiger partial charge on any atom is -0.377 e. The summed E-state index contributed by atoms with van der Waals surface area (Å²) in [7, 11) is 0. The Hall–Kier alpha value is -1.28. The minimum atomic E-state index is 0.443. The van der Waals surface area contributed by atoms with Crippen LogP contribution in [0.3, 0.4) is 0 Å². The third-order valence-corrected chi connectivity index (χ3v) is 4.27. The van der Waals surface area contributed by atoms with Crippen LogP contribution < -0.4 is 5.32 Å². The fourth-order valence-corrected chi connectivity index (χ4v) is 3.04. The highest BCUT2D eigenvalue weighted by Crippen LogP contribution is 2.36. The van der Waals surface area contributed by atoms with Crippen LogP contribution in [0.5, 0.6) is 0 Å². The molecule has 0 saturated carbocycles. The molecule has 0 heterocycles. The van der Waals surface area contributed by atoms with Gasteiger partial charge in [-0.15, -0.1) is 0 Å². The predicted molar refractivity (Wildman–Crippen MR) is 80.0 cm³/mol. The van der Waals surface area contributed by atoms with Gasteiger partial charge in [0.05, 0.1) is 6.04 Å². The van der Waals surface area contributed by atoms with Crippen LogP contribution in [0.4, 0.5) is 5.69 Å². The van der Waals surface area contributed by atoms with E-state index in [2.05, 4.69) is 64.6 Å². The second-order valence-electron chi connectivity index (χ2n) is 4.92. The molecule has 1 atom stereocenters. The van der Waals surface area contributed by atoms with E-state index in [0.717, 1.165) is 4.47 Å². The quantitative estimate of drug-likeness (QED) is 0.835. The van der Waals surface area contributed by atoms with E-state index in [4.69, 9.17) is 0 Å². The molecule has 2 heteroatoms. The van der Waals surface area contributed by atoms with Gasteiger partial charge in [0, 0.05) is 10.2 Å². The molecule has 0 aromatic heterocycles. The van der Waals surface area contributed by atoms with Gasteiger partial charge in [-0.2, -0.15) is 0 Å². The molecule has 0 bridgehead atoms. The van der Waals surface area contributed by atoms with Gasteiger partial charge < -0.3 is 5.32 Å². The van der Waals surface area contributed by atoms with Crippen molar-refractivity contribution in [1.82, 2.24) is 0 Å². The second kappa shape index (κ2) is 4.77. The molecule has 0 fully saturated rings. The maximum atomic E-state index is 3.65. The topological polar surface area (TPSA) is 12.0 Å². The number of benzene rings is 2. The van der Waals surface area contributed by atoms with Gasteiger partial charge in [0.15, 0.2) is 0 Å². The summed E-state index contributed by atoms with van der Waals surface area (Å²) in [6.45, 7) is 2.16. The average Bonchev–Trinajstić information content (AvgIpc) is 2.75. The van der Waals surface area contributed by atoms with E-state index in [9.17, 15) is 0 Å². The van der Waals surface area contributed by atoms with Gasteiger partial charge in [0.1, 0.15) is 0 Å². The number of hydrogen-bond donors (Lipinski definition) is 1. The Labute approximate surface area is 116 Å². The van der Waals surface area contributed by atoms with E-state index < -0.39 is 0 Å². The first-order valence-electron chi connectivity index (χ1n) is 6.34. The smallest absolute Gasteiger partial charge is 0.0520 e. The highest BCUT2D eigenvalue weighted by Gasteiger charge is 2.22. The summed E-state index contributed by atoms with van der Waals surface area (Å²) in [5, 5.41) is 3.65. The summed E-state index contributed by atoms with van der Waals surface area (Å²) in [5.74, 6) is 0. The number of halogens is 1. The molecule has 1 unspecified atom stereocenters. The van der Waals surface area contributed by atoms with E-state index in [-0.39, 0.29) is 0 Å². The third kappa shape index (κ3) is 2.17. The van der Waals surface area contributed by atoms with Gasteiger partial charge in [0.2, 0.25) is 0 Å². The first-order valence-corrected chi connectivity index (χ1v) is 7.14. The Morgan fingerprint density at radius 3 is 2.83 bits per heavy atom. The zero-order chi connectivity index (χ0) is 12.5. The number of anilines is 1. The fraction of sp³-hybridized carbons (Fsp3) is 0.250. The molecule has 18 heavy (non-hydrogen) atoms. The summed E-state index contributed by atoms with van der Waals surface area (Å²) in [6.07, 6.45) is 2.36. The average molecular weight is 302 g/mol. The molecular formula is C16H16BrN. The largest absolute Gasteiger partial charge is 0.377 e. The number of fused-ring (bicyclic) bond motifs is 1. The van der Waals surface area contributed by atoms with Crippen molar-refractivity contribution in [3.05, 3.63) is 63.6 Å². The zero-order valence-corrected chi connectivity index (χ0v) is 12.0. The van der Waals surface area contributed by atoms with Crippen LogP contribution in [0.1, 0.15) is 29.2 Å². The molecule has 0 radical (unpaired) electrons. The normalized spacial score (nSPS) is 17.6. The SMILES string of the molecule is Cc1ccc2c(c1)C(Nc1ccccc1Br)CC2. The molecule has 2 aromatic rings. The second-order valence-corrected chi connectivity index (χ2v) is 5.77. The van der Waals surface area contributed by atoms with Gasteiger partial charge in [-0.3, -0.25) is 0 Å². The lowest BCUT2D eigenvalue weighted by Crippen LogP contribution is -2.07. The van der Waals surface area contributed by atoms with Crippen molar-refractivity contribution in [1.29, 1.82) is 0 Å². The lowest BCUT2D eigenvalue weighted by Gasteiger charge is -2.17. The summed E-state index contributed by atoms with van der Waals surface area (Å²) < 4.78 is 1.13. The van der Waals surface area contributed by atoms with E-state index in [1.165, 1.54) is 35.2 Å². The van der Waals surface area contributed by atoms with E-state index in [1.807, 2.05) is 6.07 Å². The van der Waals surface area contributed by atoms with Crippen LogP contribution in [0, 0.1) is 6.92 Å². The van der Waals surface area contributed by atoms with E-state index in [1.54, 1.807) is 0 Å². The van der Waals surface area contributed by atoms with E-state index in [0.29, 0.717) is 6.04 Å². The molecule has 1 aliphatic rings. The Bertz CT molecular complexity index is 577. The monoisotopic (exact) mass is 301 g/mol. The maximum Gasteiger partial charge on any atom is 0.0520 e. The zero-order valence-electron chi connectivity index (χ0n) is 10.4. The molecule has 0 saturated heterocycles. The highest BCUT2D eigenvalue weighted by molar-refractivity contribution is 9.10. The van der Waals surface area contributed by atoms with Crippen LogP contribution in [0.25, 0.3) is 0 Å². The molecule has 0 spiro atoms. The molecular weight excluding hydrogens is 286 g/mol. The van der Waals surface area contributed by atoms with Crippen molar-refractivity contribution in [2.45, 2.75) is 25.8 Å². The first-order chi connectivity index (χ1) is 8.74. The number of para-hydroxylation sites is 1. The Kier molecular flexibility index (Phi) is 3.13. The summed E-state index contributed by atoms with van der Waals surface area (Å²) in [6, 6.07) is 15.6. The predicted octanol–water partition coefficient (Wildman–Crippen LogP) is 4.86. The lowest BCUT2D eigenvalue weighted by atomic mass is 10.0. The van der Waals surface area contributed by atoms with Gasteiger partial charge in [-0.05, 0) is 59.0 Å². The van der Waals surface area contributed by atoms with Crippen LogP contribution >= 0.6 is 15.9 Å². The van der Waals surface area contributed by atoms with Crippen LogP contribution in [0.2, 0.25) is 0 Å². The highest BCUT2D eigenvalue weighted by atomic mass is 79.9. The molecule has 1 aliphatic carbocycles. The number of aryl methyl sites for hydroxylation is 2. The maximum absolute atomic E-state index is 3.65. The number of rotatable bonds is 2.